The van der Waals surface area contributed by atoms with Crippen molar-refractivity contribution in [1.82, 2.24) is 9.88 Å². The predicted octanol–water partition coefficient (Wildman–Crippen LogP) is 2.27. The number of thiol groups is 1. The SMILES string of the molecule is CN(CCc1ccccn1)CC1(CS)CC1. The highest BCUT2D eigenvalue weighted by Crippen LogP contribution is 2.46. The van der Waals surface area contributed by atoms with Gasteiger partial charge in [-0.25, -0.2) is 0 Å². The van der Waals surface area contributed by atoms with Crippen LogP contribution in [-0.2, 0) is 6.42 Å². The van der Waals surface area contributed by atoms with Gasteiger partial charge in [0.1, 0.15) is 0 Å². The van der Waals surface area contributed by atoms with E-state index in [4.69, 9.17) is 0 Å². The van der Waals surface area contributed by atoms with Crippen molar-refractivity contribution in [3.8, 4) is 0 Å². The molecule has 1 aromatic heterocycles. The normalized spacial score (nSPS) is 17.7. The molecule has 3 heteroatoms. The van der Waals surface area contributed by atoms with Crippen molar-refractivity contribution in [3.63, 3.8) is 0 Å². The van der Waals surface area contributed by atoms with E-state index in [0.29, 0.717) is 5.41 Å². The summed E-state index contributed by atoms with van der Waals surface area (Å²) in [7, 11) is 2.20. The number of hydrogen-bond acceptors (Lipinski definition) is 3. The lowest BCUT2D eigenvalue weighted by atomic mass is 10.1. The van der Waals surface area contributed by atoms with Crippen molar-refractivity contribution in [2.45, 2.75) is 19.3 Å². The number of likely N-dealkylation sites (N-methyl/N-ethyl adjacent to an activating group) is 1. The molecule has 88 valence electrons. The van der Waals surface area contributed by atoms with Crippen molar-refractivity contribution in [2.24, 2.45) is 5.41 Å². The molecule has 1 heterocycles. The molecule has 1 aliphatic rings. The Balaban J connectivity index is 1.74. The molecule has 1 fully saturated rings. The summed E-state index contributed by atoms with van der Waals surface area (Å²) in [5, 5.41) is 0. The zero-order chi connectivity index (χ0) is 11.4. The van der Waals surface area contributed by atoms with Crippen LogP contribution < -0.4 is 0 Å². The van der Waals surface area contributed by atoms with E-state index in [-0.39, 0.29) is 0 Å². The second-order valence-corrected chi connectivity index (χ2v) is 5.28. The van der Waals surface area contributed by atoms with Crippen LogP contribution in [0.25, 0.3) is 0 Å². The highest BCUT2D eigenvalue weighted by atomic mass is 32.1. The van der Waals surface area contributed by atoms with Crippen molar-refractivity contribution >= 4 is 12.6 Å². The molecule has 1 aliphatic carbocycles. The number of rotatable bonds is 6. The van der Waals surface area contributed by atoms with Gasteiger partial charge in [0.05, 0.1) is 0 Å². The lowest BCUT2D eigenvalue weighted by Crippen LogP contribution is -2.29. The molecule has 0 spiro atoms. The van der Waals surface area contributed by atoms with Crippen molar-refractivity contribution < 1.29 is 0 Å². The number of hydrogen-bond donors (Lipinski definition) is 1. The third-order valence-electron chi connectivity index (χ3n) is 3.37. The van der Waals surface area contributed by atoms with Crippen molar-refractivity contribution in [2.75, 3.05) is 25.9 Å². The zero-order valence-corrected chi connectivity index (χ0v) is 10.8. The molecule has 0 aliphatic heterocycles. The van der Waals surface area contributed by atoms with Crippen LogP contribution in [0.2, 0.25) is 0 Å². The Morgan fingerprint density at radius 3 is 2.81 bits per heavy atom. The van der Waals surface area contributed by atoms with E-state index < -0.39 is 0 Å². The van der Waals surface area contributed by atoms with E-state index in [1.165, 1.54) is 25.1 Å². The molecule has 2 rings (SSSR count). The van der Waals surface area contributed by atoms with Crippen LogP contribution in [0.5, 0.6) is 0 Å². The summed E-state index contributed by atoms with van der Waals surface area (Å²) in [6.45, 7) is 2.27. The fraction of sp³-hybridized carbons (Fsp3) is 0.615. The van der Waals surface area contributed by atoms with E-state index in [2.05, 4.69) is 41.7 Å². The van der Waals surface area contributed by atoms with Gasteiger partial charge >= 0.3 is 0 Å². The van der Waals surface area contributed by atoms with Gasteiger partial charge in [-0.05, 0) is 43.2 Å². The highest BCUT2D eigenvalue weighted by molar-refractivity contribution is 7.80. The predicted molar refractivity (Wildman–Crippen MR) is 71.0 cm³/mol. The second-order valence-electron chi connectivity index (χ2n) is 4.97. The first-order valence-corrected chi connectivity index (χ1v) is 6.57. The fourth-order valence-corrected chi connectivity index (χ4v) is 2.46. The molecule has 16 heavy (non-hydrogen) atoms. The summed E-state index contributed by atoms with van der Waals surface area (Å²) in [4.78, 5) is 6.76. The molecular weight excluding hydrogens is 216 g/mol. The largest absolute Gasteiger partial charge is 0.305 e. The van der Waals surface area contributed by atoms with Crippen LogP contribution in [0.3, 0.4) is 0 Å². The number of pyridine rings is 1. The van der Waals surface area contributed by atoms with E-state index in [0.717, 1.165) is 18.7 Å². The van der Waals surface area contributed by atoms with Crippen LogP contribution in [0.15, 0.2) is 24.4 Å². The maximum Gasteiger partial charge on any atom is 0.0416 e. The summed E-state index contributed by atoms with van der Waals surface area (Å²) in [5.41, 5.74) is 1.71. The molecule has 0 saturated heterocycles. The molecule has 0 bridgehead atoms. The molecule has 0 radical (unpaired) electrons. The van der Waals surface area contributed by atoms with Crippen molar-refractivity contribution in [3.05, 3.63) is 30.1 Å². The van der Waals surface area contributed by atoms with Crippen LogP contribution in [-0.4, -0.2) is 35.8 Å². The van der Waals surface area contributed by atoms with Gasteiger partial charge in [0, 0.05) is 31.4 Å². The van der Waals surface area contributed by atoms with Crippen molar-refractivity contribution in [1.29, 1.82) is 0 Å². The summed E-state index contributed by atoms with van der Waals surface area (Å²) in [6, 6.07) is 6.12. The molecule has 0 N–H and O–H groups in total. The monoisotopic (exact) mass is 236 g/mol. The lowest BCUT2D eigenvalue weighted by Gasteiger charge is -2.22. The Labute approximate surface area is 103 Å². The summed E-state index contributed by atoms with van der Waals surface area (Å²) in [5.74, 6) is 1.03. The van der Waals surface area contributed by atoms with Crippen LogP contribution in [0.4, 0.5) is 0 Å². The van der Waals surface area contributed by atoms with E-state index in [1.807, 2.05) is 12.3 Å². The van der Waals surface area contributed by atoms with Gasteiger partial charge in [-0.2, -0.15) is 12.6 Å². The molecule has 0 amide bonds. The molecule has 1 aromatic rings. The van der Waals surface area contributed by atoms with Gasteiger partial charge in [-0.3, -0.25) is 4.98 Å². The standard InChI is InChI=1S/C13H20N2S/c1-15(10-13(11-16)6-7-13)9-5-12-4-2-3-8-14-12/h2-4,8,16H,5-7,9-11H2,1H3. The summed E-state index contributed by atoms with van der Waals surface area (Å²) in [6.07, 6.45) is 5.61. The smallest absolute Gasteiger partial charge is 0.0416 e. The zero-order valence-electron chi connectivity index (χ0n) is 9.89. The molecule has 1 saturated carbocycles. The number of nitrogens with zero attached hydrogens (tertiary/aromatic N) is 2. The maximum absolute atomic E-state index is 4.44. The van der Waals surface area contributed by atoms with Gasteiger partial charge < -0.3 is 4.90 Å². The van der Waals surface area contributed by atoms with Gasteiger partial charge in [0.2, 0.25) is 0 Å². The van der Waals surface area contributed by atoms with E-state index in [9.17, 15) is 0 Å². The molecule has 2 nitrogen and oxygen atoms in total. The van der Waals surface area contributed by atoms with Crippen LogP contribution in [0.1, 0.15) is 18.5 Å². The fourth-order valence-electron chi connectivity index (χ4n) is 2.05. The molecular formula is C13H20N2S. The van der Waals surface area contributed by atoms with Gasteiger partial charge in [-0.15, -0.1) is 0 Å². The van der Waals surface area contributed by atoms with Crippen LogP contribution in [0, 0.1) is 5.41 Å². The molecule has 0 atom stereocenters. The minimum atomic E-state index is 0.530. The van der Waals surface area contributed by atoms with E-state index >= 15 is 0 Å². The van der Waals surface area contributed by atoms with Crippen LogP contribution >= 0.6 is 12.6 Å². The Bertz CT molecular complexity index is 322. The Morgan fingerprint density at radius 1 is 1.44 bits per heavy atom. The highest BCUT2D eigenvalue weighted by Gasteiger charge is 2.41. The Hall–Kier alpha value is -0.540. The molecule has 0 aromatic carbocycles. The quantitative estimate of drug-likeness (QED) is 0.763. The average molecular weight is 236 g/mol. The third-order valence-corrected chi connectivity index (χ3v) is 4.04. The first-order valence-electron chi connectivity index (χ1n) is 5.93. The topological polar surface area (TPSA) is 16.1 Å². The minimum absolute atomic E-state index is 0.530. The Morgan fingerprint density at radius 2 is 2.25 bits per heavy atom. The van der Waals surface area contributed by atoms with Gasteiger partial charge in [0.25, 0.3) is 0 Å². The summed E-state index contributed by atoms with van der Waals surface area (Å²) >= 11 is 4.44. The lowest BCUT2D eigenvalue weighted by molar-refractivity contribution is 0.280. The third kappa shape index (κ3) is 3.22. The maximum atomic E-state index is 4.44. The molecule has 0 unspecified atom stereocenters. The Kier molecular flexibility index (Phi) is 3.87. The first kappa shape index (κ1) is 11.9. The average Bonchev–Trinajstić information content (AvgIpc) is 3.08. The van der Waals surface area contributed by atoms with E-state index in [1.54, 1.807) is 0 Å². The van der Waals surface area contributed by atoms with Gasteiger partial charge in [-0.1, -0.05) is 6.07 Å². The number of aromatic nitrogens is 1. The second kappa shape index (κ2) is 5.19. The summed E-state index contributed by atoms with van der Waals surface area (Å²) < 4.78 is 0. The first-order chi connectivity index (χ1) is 7.74. The minimum Gasteiger partial charge on any atom is -0.305 e. The van der Waals surface area contributed by atoms with Gasteiger partial charge in [0.15, 0.2) is 0 Å².